The molecule has 0 aliphatic heterocycles. The topological polar surface area (TPSA) is 41.5 Å². The molecular formula is C12H17Cl2NO2. The number of hydrogen-bond donors (Lipinski definition) is 2. The molecule has 5 heteroatoms. The molecule has 0 saturated heterocycles. The number of benzene rings is 1. The normalized spacial score (nSPS) is 10.5. The van der Waals surface area contributed by atoms with Crippen LogP contribution in [0.15, 0.2) is 18.2 Å². The van der Waals surface area contributed by atoms with Gasteiger partial charge in [0.25, 0.3) is 0 Å². The SMILES string of the molecule is OCCNCCCCOc1cccc(Cl)c1Cl. The second kappa shape index (κ2) is 8.59. The van der Waals surface area contributed by atoms with Crippen LogP contribution >= 0.6 is 23.2 Å². The molecule has 3 nitrogen and oxygen atoms in total. The van der Waals surface area contributed by atoms with Gasteiger partial charge in [-0.25, -0.2) is 0 Å². The number of halogens is 2. The Morgan fingerprint density at radius 2 is 2.00 bits per heavy atom. The van der Waals surface area contributed by atoms with Crippen molar-refractivity contribution in [3.05, 3.63) is 28.2 Å². The van der Waals surface area contributed by atoms with Crippen LogP contribution in [0.5, 0.6) is 5.75 Å². The molecule has 0 saturated carbocycles. The summed E-state index contributed by atoms with van der Waals surface area (Å²) >= 11 is 11.8. The molecule has 17 heavy (non-hydrogen) atoms. The van der Waals surface area contributed by atoms with Crippen LogP contribution in [0.25, 0.3) is 0 Å². The summed E-state index contributed by atoms with van der Waals surface area (Å²) in [6.07, 6.45) is 1.93. The van der Waals surface area contributed by atoms with E-state index in [-0.39, 0.29) is 6.61 Å². The van der Waals surface area contributed by atoms with Crippen LogP contribution in [0.4, 0.5) is 0 Å². The third kappa shape index (κ3) is 5.59. The number of nitrogens with one attached hydrogen (secondary N) is 1. The molecular weight excluding hydrogens is 261 g/mol. The minimum Gasteiger partial charge on any atom is -0.492 e. The lowest BCUT2D eigenvalue weighted by molar-refractivity contribution is 0.286. The molecule has 0 unspecified atom stereocenters. The van der Waals surface area contributed by atoms with Crippen molar-refractivity contribution in [3.63, 3.8) is 0 Å². The van der Waals surface area contributed by atoms with Crippen LogP contribution in [0.1, 0.15) is 12.8 Å². The lowest BCUT2D eigenvalue weighted by Crippen LogP contribution is -2.19. The number of unbranched alkanes of at least 4 members (excludes halogenated alkanes) is 1. The highest BCUT2D eigenvalue weighted by Gasteiger charge is 2.04. The predicted molar refractivity (Wildman–Crippen MR) is 71.1 cm³/mol. The van der Waals surface area contributed by atoms with Crippen molar-refractivity contribution in [1.29, 1.82) is 0 Å². The van der Waals surface area contributed by atoms with Crippen LogP contribution < -0.4 is 10.1 Å². The Morgan fingerprint density at radius 3 is 2.76 bits per heavy atom. The van der Waals surface area contributed by atoms with Gasteiger partial charge in [0.05, 0.1) is 18.2 Å². The second-order valence-corrected chi connectivity index (χ2v) is 4.37. The summed E-state index contributed by atoms with van der Waals surface area (Å²) in [5.74, 6) is 0.627. The first kappa shape index (κ1) is 14.6. The summed E-state index contributed by atoms with van der Waals surface area (Å²) in [6.45, 7) is 2.31. The maximum atomic E-state index is 8.56. The fourth-order valence-corrected chi connectivity index (χ4v) is 1.68. The van der Waals surface area contributed by atoms with E-state index in [2.05, 4.69) is 5.32 Å². The Kier molecular flexibility index (Phi) is 7.37. The maximum Gasteiger partial charge on any atom is 0.139 e. The van der Waals surface area contributed by atoms with E-state index >= 15 is 0 Å². The zero-order valence-corrected chi connectivity index (χ0v) is 11.1. The van der Waals surface area contributed by atoms with Gasteiger partial charge < -0.3 is 15.2 Å². The lowest BCUT2D eigenvalue weighted by atomic mass is 10.3. The summed E-state index contributed by atoms with van der Waals surface area (Å²) in [5, 5.41) is 12.6. The van der Waals surface area contributed by atoms with Crippen molar-refractivity contribution in [2.75, 3.05) is 26.3 Å². The summed E-state index contributed by atoms with van der Waals surface area (Å²) in [7, 11) is 0. The summed E-state index contributed by atoms with van der Waals surface area (Å²) in [6, 6.07) is 5.35. The zero-order valence-electron chi connectivity index (χ0n) is 9.59. The molecule has 96 valence electrons. The van der Waals surface area contributed by atoms with Gasteiger partial charge in [0.1, 0.15) is 10.8 Å². The quantitative estimate of drug-likeness (QED) is 0.718. The summed E-state index contributed by atoms with van der Waals surface area (Å²) < 4.78 is 5.53. The molecule has 0 aliphatic rings. The summed E-state index contributed by atoms with van der Waals surface area (Å²) in [5.41, 5.74) is 0. The number of ether oxygens (including phenoxy) is 1. The van der Waals surface area contributed by atoms with Crippen molar-refractivity contribution < 1.29 is 9.84 Å². The first-order valence-electron chi connectivity index (χ1n) is 5.64. The van der Waals surface area contributed by atoms with Crippen molar-refractivity contribution in [2.24, 2.45) is 0 Å². The van der Waals surface area contributed by atoms with Crippen molar-refractivity contribution >= 4 is 23.2 Å². The Morgan fingerprint density at radius 1 is 1.18 bits per heavy atom. The van der Waals surface area contributed by atoms with E-state index in [9.17, 15) is 0 Å². The number of aliphatic hydroxyl groups excluding tert-OH is 1. The first-order valence-corrected chi connectivity index (χ1v) is 6.39. The van der Waals surface area contributed by atoms with E-state index in [1.54, 1.807) is 12.1 Å². The lowest BCUT2D eigenvalue weighted by Gasteiger charge is -2.08. The van der Waals surface area contributed by atoms with Crippen LogP contribution in [0.3, 0.4) is 0 Å². The van der Waals surface area contributed by atoms with Gasteiger partial charge in [-0.15, -0.1) is 0 Å². The van der Waals surface area contributed by atoms with E-state index in [0.29, 0.717) is 28.9 Å². The fourth-order valence-electron chi connectivity index (χ4n) is 1.33. The Labute approximate surface area is 112 Å². The van der Waals surface area contributed by atoms with Gasteiger partial charge in [-0.05, 0) is 31.5 Å². The van der Waals surface area contributed by atoms with Gasteiger partial charge in [-0.2, -0.15) is 0 Å². The highest BCUT2D eigenvalue weighted by atomic mass is 35.5. The van der Waals surface area contributed by atoms with E-state index in [0.717, 1.165) is 19.4 Å². The summed E-state index contributed by atoms with van der Waals surface area (Å²) in [4.78, 5) is 0. The van der Waals surface area contributed by atoms with E-state index < -0.39 is 0 Å². The molecule has 0 atom stereocenters. The van der Waals surface area contributed by atoms with Crippen LogP contribution in [-0.4, -0.2) is 31.4 Å². The number of aliphatic hydroxyl groups is 1. The van der Waals surface area contributed by atoms with Gasteiger partial charge >= 0.3 is 0 Å². The van der Waals surface area contributed by atoms with Gasteiger partial charge in [0.15, 0.2) is 0 Å². The molecule has 0 heterocycles. The molecule has 0 bridgehead atoms. The van der Waals surface area contributed by atoms with Gasteiger partial charge in [-0.3, -0.25) is 0 Å². The van der Waals surface area contributed by atoms with Crippen molar-refractivity contribution in [3.8, 4) is 5.75 Å². The molecule has 0 aromatic heterocycles. The highest BCUT2D eigenvalue weighted by molar-refractivity contribution is 6.42. The largest absolute Gasteiger partial charge is 0.492 e. The average Bonchev–Trinajstić information content (AvgIpc) is 2.33. The van der Waals surface area contributed by atoms with E-state index in [4.69, 9.17) is 33.0 Å². The Hall–Kier alpha value is -0.480. The smallest absolute Gasteiger partial charge is 0.139 e. The Balaban J connectivity index is 2.16. The first-order chi connectivity index (χ1) is 8.25. The average molecular weight is 278 g/mol. The maximum absolute atomic E-state index is 8.56. The molecule has 0 spiro atoms. The van der Waals surface area contributed by atoms with E-state index in [1.165, 1.54) is 0 Å². The standard InChI is InChI=1S/C12H17Cl2NO2/c13-10-4-3-5-11(12(10)14)17-9-2-1-6-15-7-8-16/h3-5,15-16H,1-2,6-9H2. The minimum atomic E-state index is 0.175. The zero-order chi connectivity index (χ0) is 12.5. The van der Waals surface area contributed by atoms with Crippen LogP contribution in [0, 0.1) is 0 Å². The van der Waals surface area contributed by atoms with Crippen molar-refractivity contribution in [2.45, 2.75) is 12.8 Å². The molecule has 1 rings (SSSR count). The third-order valence-corrected chi connectivity index (χ3v) is 3.01. The predicted octanol–water partition coefficient (Wildman–Crippen LogP) is 2.73. The van der Waals surface area contributed by atoms with Gasteiger partial charge in [0.2, 0.25) is 0 Å². The van der Waals surface area contributed by atoms with Crippen molar-refractivity contribution in [1.82, 2.24) is 5.32 Å². The third-order valence-electron chi connectivity index (χ3n) is 2.21. The monoisotopic (exact) mass is 277 g/mol. The minimum absolute atomic E-state index is 0.175. The van der Waals surface area contributed by atoms with Gasteiger partial charge in [-0.1, -0.05) is 29.3 Å². The van der Waals surface area contributed by atoms with Crippen LogP contribution in [0.2, 0.25) is 10.0 Å². The van der Waals surface area contributed by atoms with E-state index in [1.807, 2.05) is 6.07 Å². The molecule has 0 radical (unpaired) electrons. The number of hydrogen-bond acceptors (Lipinski definition) is 3. The van der Waals surface area contributed by atoms with Gasteiger partial charge in [0, 0.05) is 6.54 Å². The molecule has 2 N–H and O–H groups in total. The van der Waals surface area contributed by atoms with Crippen LogP contribution in [-0.2, 0) is 0 Å². The fraction of sp³-hybridized carbons (Fsp3) is 0.500. The molecule has 0 fully saturated rings. The Bertz CT molecular complexity index is 334. The molecule has 0 amide bonds. The molecule has 1 aromatic rings. The molecule has 1 aromatic carbocycles. The highest BCUT2D eigenvalue weighted by Crippen LogP contribution is 2.31. The molecule has 0 aliphatic carbocycles. The second-order valence-electron chi connectivity index (χ2n) is 3.58. The number of rotatable bonds is 8.